The highest BCUT2D eigenvalue weighted by molar-refractivity contribution is 7.99. The first-order chi connectivity index (χ1) is 13.1. The highest BCUT2D eigenvalue weighted by Crippen LogP contribution is 2.27. The zero-order valence-electron chi connectivity index (χ0n) is 15.2. The number of hydrogen-bond donors (Lipinski definition) is 1. The monoisotopic (exact) mass is 393 g/mol. The van der Waals surface area contributed by atoms with Crippen molar-refractivity contribution in [2.75, 3.05) is 11.1 Å². The van der Waals surface area contributed by atoms with Gasteiger partial charge in [-0.2, -0.15) is 0 Å². The van der Waals surface area contributed by atoms with Crippen molar-refractivity contribution in [3.8, 4) is 0 Å². The van der Waals surface area contributed by atoms with Crippen LogP contribution >= 0.6 is 23.1 Å². The summed E-state index contributed by atoms with van der Waals surface area (Å²) in [5.74, 6) is 0.663. The van der Waals surface area contributed by atoms with Gasteiger partial charge >= 0.3 is 0 Å². The number of thiazole rings is 1. The quantitative estimate of drug-likeness (QED) is 0.450. The van der Waals surface area contributed by atoms with Gasteiger partial charge < -0.3 is 5.32 Å². The van der Waals surface area contributed by atoms with Gasteiger partial charge in [0.2, 0.25) is 5.91 Å². The van der Waals surface area contributed by atoms with Crippen LogP contribution in [0, 0.1) is 13.8 Å². The van der Waals surface area contributed by atoms with Gasteiger partial charge in [-0.1, -0.05) is 35.6 Å². The van der Waals surface area contributed by atoms with Crippen molar-refractivity contribution in [3.63, 3.8) is 0 Å². The highest BCUT2D eigenvalue weighted by Gasteiger charge is 2.09. The first-order valence-corrected chi connectivity index (χ1v) is 10.5. The van der Waals surface area contributed by atoms with E-state index < -0.39 is 0 Å². The lowest BCUT2D eigenvalue weighted by Gasteiger charge is -2.06. The van der Waals surface area contributed by atoms with E-state index in [4.69, 9.17) is 0 Å². The van der Waals surface area contributed by atoms with Crippen LogP contribution in [0.5, 0.6) is 0 Å². The van der Waals surface area contributed by atoms with E-state index in [-0.39, 0.29) is 5.91 Å². The van der Waals surface area contributed by atoms with Crippen LogP contribution in [-0.4, -0.2) is 21.6 Å². The van der Waals surface area contributed by atoms with E-state index in [0.29, 0.717) is 17.3 Å². The van der Waals surface area contributed by atoms with Gasteiger partial charge in [-0.15, -0.1) is 11.8 Å². The van der Waals surface area contributed by atoms with E-state index in [0.717, 1.165) is 20.8 Å². The van der Waals surface area contributed by atoms with Gasteiger partial charge in [-0.05, 0) is 49.2 Å². The van der Waals surface area contributed by atoms with E-state index in [1.807, 2.05) is 30.3 Å². The Morgan fingerprint density at radius 1 is 1.07 bits per heavy atom. The van der Waals surface area contributed by atoms with Crippen LogP contribution < -0.4 is 5.32 Å². The molecular weight excluding hydrogens is 374 g/mol. The molecule has 0 saturated heterocycles. The first kappa shape index (κ1) is 17.9. The average molecular weight is 394 g/mol. The summed E-state index contributed by atoms with van der Waals surface area (Å²) in [7, 11) is 0. The number of benzene rings is 2. The van der Waals surface area contributed by atoms with Crippen LogP contribution in [0.1, 0.15) is 17.5 Å². The number of hydrogen-bond acceptors (Lipinski definition) is 5. The number of carbonyl (C=O) groups is 1. The number of aryl methyl sites for hydroxylation is 2. The fourth-order valence-electron chi connectivity index (χ4n) is 2.91. The van der Waals surface area contributed by atoms with Crippen LogP contribution in [0.4, 0.5) is 5.13 Å². The van der Waals surface area contributed by atoms with Gasteiger partial charge in [0.1, 0.15) is 0 Å². The lowest BCUT2D eigenvalue weighted by atomic mass is 10.1. The topological polar surface area (TPSA) is 54.9 Å². The van der Waals surface area contributed by atoms with Gasteiger partial charge in [0.05, 0.1) is 20.8 Å². The molecule has 4 aromatic rings. The summed E-state index contributed by atoms with van der Waals surface area (Å²) in [5.41, 5.74) is 4.32. The van der Waals surface area contributed by atoms with E-state index in [2.05, 4.69) is 47.3 Å². The summed E-state index contributed by atoms with van der Waals surface area (Å²) in [5, 5.41) is 5.70. The number of para-hydroxylation sites is 1. The van der Waals surface area contributed by atoms with E-state index in [9.17, 15) is 4.79 Å². The van der Waals surface area contributed by atoms with Crippen molar-refractivity contribution in [1.29, 1.82) is 0 Å². The zero-order chi connectivity index (χ0) is 18.8. The van der Waals surface area contributed by atoms with E-state index >= 15 is 0 Å². The molecule has 2 aromatic carbocycles. The Morgan fingerprint density at radius 3 is 2.81 bits per heavy atom. The Balaban J connectivity index is 1.36. The minimum Gasteiger partial charge on any atom is -0.302 e. The summed E-state index contributed by atoms with van der Waals surface area (Å²) >= 11 is 3.12. The molecule has 27 heavy (non-hydrogen) atoms. The predicted molar refractivity (Wildman–Crippen MR) is 115 cm³/mol. The third-order valence-corrected chi connectivity index (χ3v) is 6.12. The summed E-state index contributed by atoms with van der Waals surface area (Å²) in [6, 6.07) is 16.3. The second kappa shape index (κ2) is 7.66. The van der Waals surface area contributed by atoms with Gasteiger partial charge in [-0.25, -0.2) is 9.97 Å². The number of fused-ring (bicyclic) bond motifs is 2. The van der Waals surface area contributed by atoms with Gasteiger partial charge in [0.25, 0.3) is 0 Å². The Kier molecular flexibility index (Phi) is 5.09. The molecule has 0 aliphatic rings. The lowest BCUT2D eigenvalue weighted by molar-refractivity contribution is -0.115. The number of aromatic nitrogens is 2. The SMILES string of the molecule is Cc1ccc2nc(NC(=O)CCSc3cc(C)c4ccccc4n3)sc2c1. The number of amides is 1. The Bertz CT molecular complexity index is 1140. The van der Waals surface area contributed by atoms with Crippen LogP contribution in [0.3, 0.4) is 0 Å². The predicted octanol–water partition coefficient (Wildman–Crippen LogP) is 5.58. The number of anilines is 1. The molecule has 0 fully saturated rings. The molecule has 0 bridgehead atoms. The minimum absolute atomic E-state index is 0.0178. The molecule has 6 heteroatoms. The molecule has 2 aromatic heterocycles. The number of rotatable bonds is 5. The Hall–Kier alpha value is -2.44. The average Bonchev–Trinajstić information content (AvgIpc) is 3.03. The molecule has 0 spiro atoms. The van der Waals surface area contributed by atoms with Gasteiger partial charge in [0, 0.05) is 17.6 Å². The number of nitrogens with zero attached hydrogens (tertiary/aromatic N) is 2. The molecule has 0 atom stereocenters. The van der Waals surface area contributed by atoms with Crippen molar-refractivity contribution in [2.24, 2.45) is 0 Å². The van der Waals surface area contributed by atoms with Crippen LogP contribution in [0.25, 0.3) is 21.1 Å². The Labute approximate surface area is 166 Å². The summed E-state index contributed by atoms with van der Waals surface area (Å²) in [6.07, 6.45) is 0.424. The number of carbonyl (C=O) groups excluding carboxylic acids is 1. The van der Waals surface area contributed by atoms with Crippen molar-refractivity contribution in [1.82, 2.24) is 9.97 Å². The second-order valence-corrected chi connectivity index (χ2v) is 8.58. The first-order valence-electron chi connectivity index (χ1n) is 8.75. The lowest BCUT2D eigenvalue weighted by Crippen LogP contribution is -2.11. The number of pyridine rings is 1. The second-order valence-electron chi connectivity index (χ2n) is 6.43. The third-order valence-electron chi connectivity index (χ3n) is 4.27. The minimum atomic E-state index is -0.0178. The Morgan fingerprint density at radius 2 is 1.93 bits per heavy atom. The van der Waals surface area contributed by atoms with Crippen LogP contribution in [0.2, 0.25) is 0 Å². The summed E-state index contributed by atoms with van der Waals surface area (Å²) in [6.45, 7) is 4.15. The van der Waals surface area contributed by atoms with Gasteiger partial charge in [-0.3, -0.25) is 4.79 Å². The molecule has 1 N–H and O–H groups in total. The molecule has 4 rings (SSSR count). The van der Waals surface area contributed by atoms with E-state index in [1.165, 1.54) is 27.8 Å². The third kappa shape index (κ3) is 4.12. The maximum absolute atomic E-state index is 12.2. The number of thioether (sulfide) groups is 1. The van der Waals surface area contributed by atoms with E-state index in [1.54, 1.807) is 11.8 Å². The molecule has 0 saturated carbocycles. The van der Waals surface area contributed by atoms with Crippen LogP contribution in [-0.2, 0) is 4.79 Å². The smallest absolute Gasteiger partial charge is 0.226 e. The molecule has 0 aliphatic carbocycles. The molecule has 2 heterocycles. The summed E-state index contributed by atoms with van der Waals surface area (Å²) in [4.78, 5) is 21.4. The molecule has 1 amide bonds. The highest BCUT2D eigenvalue weighted by atomic mass is 32.2. The number of nitrogens with one attached hydrogen (secondary N) is 1. The largest absolute Gasteiger partial charge is 0.302 e. The molecule has 0 aliphatic heterocycles. The molecule has 136 valence electrons. The maximum Gasteiger partial charge on any atom is 0.226 e. The standard InChI is InChI=1S/C21H19N3OS2/c1-13-7-8-17-18(11-13)27-21(23-17)24-19(25)9-10-26-20-12-14(2)15-5-3-4-6-16(15)22-20/h3-8,11-12H,9-10H2,1-2H3,(H,23,24,25). The van der Waals surface area contributed by atoms with Crippen LogP contribution in [0.15, 0.2) is 53.6 Å². The maximum atomic E-state index is 12.2. The molecule has 0 unspecified atom stereocenters. The fraction of sp³-hybridized carbons (Fsp3) is 0.190. The molecule has 0 radical (unpaired) electrons. The van der Waals surface area contributed by atoms with Crippen molar-refractivity contribution < 1.29 is 4.79 Å². The van der Waals surface area contributed by atoms with Crippen molar-refractivity contribution >= 4 is 55.3 Å². The summed E-state index contributed by atoms with van der Waals surface area (Å²) < 4.78 is 1.09. The molecular formula is C21H19N3OS2. The zero-order valence-corrected chi connectivity index (χ0v) is 16.8. The van der Waals surface area contributed by atoms with Crippen molar-refractivity contribution in [3.05, 3.63) is 59.7 Å². The van der Waals surface area contributed by atoms with Crippen molar-refractivity contribution in [2.45, 2.75) is 25.3 Å². The fourth-order valence-corrected chi connectivity index (χ4v) is 4.81. The molecule has 4 nitrogen and oxygen atoms in total. The normalized spacial score (nSPS) is 11.2. The van der Waals surface area contributed by atoms with Gasteiger partial charge in [0.15, 0.2) is 5.13 Å².